The van der Waals surface area contributed by atoms with Gasteiger partial charge in [0.1, 0.15) is 5.75 Å². The number of rotatable bonds is 5. The van der Waals surface area contributed by atoms with Gasteiger partial charge in [-0.1, -0.05) is 18.2 Å². The van der Waals surface area contributed by atoms with E-state index in [2.05, 4.69) is 17.0 Å². The van der Waals surface area contributed by atoms with Crippen LogP contribution < -0.4 is 4.74 Å². The van der Waals surface area contributed by atoms with Crippen LogP contribution in [0.1, 0.15) is 30.9 Å². The first-order valence-corrected chi connectivity index (χ1v) is 8.52. The molecule has 2 aliphatic heterocycles. The van der Waals surface area contributed by atoms with E-state index in [4.69, 9.17) is 9.47 Å². The first-order valence-electron chi connectivity index (χ1n) is 8.52. The van der Waals surface area contributed by atoms with Crippen molar-refractivity contribution in [2.45, 2.75) is 25.3 Å². The van der Waals surface area contributed by atoms with Crippen molar-refractivity contribution in [2.24, 2.45) is 0 Å². The molecule has 5 nitrogen and oxygen atoms in total. The van der Waals surface area contributed by atoms with Crippen molar-refractivity contribution in [3.8, 4) is 5.75 Å². The van der Waals surface area contributed by atoms with Crippen LogP contribution in [-0.2, 0) is 9.53 Å². The number of amides is 1. The number of hydrogen-bond donors (Lipinski definition) is 0. The normalized spacial score (nSPS) is 22.3. The lowest BCUT2D eigenvalue weighted by atomic mass is 10.0. The van der Waals surface area contributed by atoms with E-state index in [0.717, 1.165) is 38.3 Å². The minimum absolute atomic E-state index is 0.249. The summed E-state index contributed by atoms with van der Waals surface area (Å²) in [5.41, 5.74) is 1.24. The molecule has 2 saturated heterocycles. The van der Waals surface area contributed by atoms with Gasteiger partial charge in [-0.3, -0.25) is 9.69 Å². The molecule has 0 N–H and O–H groups in total. The van der Waals surface area contributed by atoms with Crippen LogP contribution >= 0.6 is 0 Å². The van der Waals surface area contributed by atoms with Crippen molar-refractivity contribution in [3.05, 3.63) is 29.8 Å². The van der Waals surface area contributed by atoms with Gasteiger partial charge in [0.25, 0.3) is 0 Å². The van der Waals surface area contributed by atoms with Gasteiger partial charge in [-0.25, -0.2) is 0 Å². The number of carbonyl (C=O) groups excluding carboxylic acids is 1. The molecule has 0 spiro atoms. The van der Waals surface area contributed by atoms with E-state index >= 15 is 0 Å². The fourth-order valence-corrected chi connectivity index (χ4v) is 3.60. The Hall–Kier alpha value is -1.59. The molecule has 3 rings (SSSR count). The van der Waals surface area contributed by atoms with Gasteiger partial charge in [0.2, 0.25) is 5.91 Å². The van der Waals surface area contributed by atoms with Crippen molar-refractivity contribution in [3.63, 3.8) is 0 Å². The maximum absolute atomic E-state index is 12.3. The van der Waals surface area contributed by atoms with Crippen LogP contribution in [0.4, 0.5) is 0 Å². The summed E-state index contributed by atoms with van der Waals surface area (Å²) in [6.07, 6.45) is 2.90. The minimum Gasteiger partial charge on any atom is -0.496 e. The van der Waals surface area contributed by atoms with Gasteiger partial charge in [0.15, 0.2) is 0 Å². The summed E-state index contributed by atoms with van der Waals surface area (Å²) in [4.78, 5) is 16.7. The summed E-state index contributed by atoms with van der Waals surface area (Å²) in [5, 5.41) is 0. The number of carbonyl (C=O) groups is 1. The van der Waals surface area contributed by atoms with Gasteiger partial charge in [0, 0.05) is 37.7 Å². The molecule has 1 aromatic rings. The molecule has 23 heavy (non-hydrogen) atoms. The number of para-hydroxylation sites is 1. The number of hydrogen-bond acceptors (Lipinski definition) is 4. The highest BCUT2D eigenvalue weighted by molar-refractivity contribution is 5.76. The number of morpholine rings is 1. The van der Waals surface area contributed by atoms with Gasteiger partial charge in [-0.15, -0.1) is 0 Å². The van der Waals surface area contributed by atoms with Crippen LogP contribution in [0, 0.1) is 0 Å². The zero-order valence-electron chi connectivity index (χ0n) is 13.9. The SMILES string of the molecule is COc1ccccc1C1CCCN1CCC(=O)N1CCOCC1. The molecule has 2 fully saturated rings. The molecular weight excluding hydrogens is 292 g/mol. The second kappa shape index (κ2) is 7.79. The maximum Gasteiger partial charge on any atom is 0.224 e. The molecule has 1 atom stereocenters. The molecule has 1 amide bonds. The van der Waals surface area contributed by atoms with Crippen molar-refractivity contribution >= 4 is 5.91 Å². The van der Waals surface area contributed by atoms with Crippen LogP contribution in [0.5, 0.6) is 5.75 Å². The lowest BCUT2D eigenvalue weighted by molar-refractivity contribution is -0.135. The first kappa shape index (κ1) is 16.3. The van der Waals surface area contributed by atoms with Crippen LogP contribution in [0.2, 0.25) is 0 Å². The van der Waals surface area contributed by atoms with Crippen molar-refractivity contribution in [1.29, 1.82) is 0 Å². The van der Waals surface area contributed by atoms with E-state index in [9.17, 15) is 4.79 Å². The Labute approximate surface area is 138 Å². The number of benzene rings is 1. The molecule has 0 radical (unpaired) electrons. The zero-order valence-corrected chi connectivity index (χ0v) is 13.9. The lowest BCUT2D eigenvalue weighted by Gasteiger charge is -2.29. The largest absolute Gasteiger partial charge is 0.496 e. The van der Waals surface area contributed by atoms with Crippen LogP contribution in [0.15, 0.2) is 24.3 Å². The third-order valence-corrected chi connectivity index (χ3v) is 4.84. The molecule has 126 valence electrons. The minimum atomic E-state index is 0.249. The molecule has 1 aromatic carbocycles. The van der Waals surface area contributed by atoms with Gasteiger partial charge in [-0.05, 0) is 25.5 Å². The molecule has 1 unspecified atom stereocenters. The highest BCUT2D eigenvalue weighted by Gasteiger charge is 2.28. The van der Waals surface area contributed by atoms with E-state index in [-0.39, 0.29) is 5.91 Å². The van der Waals surface area contributed by atoms with Crippen LogP contribution in [0.25, 0.3) is 0 Å². The molecule has 0 saturated carbocycles. The van der Waals surface area contributed by atoms with Gasteiger partial charge >= 0.3 is 0 Å². The molecule has 0 aliphatic carbocycles. The van der Waals surface area contributed by atoms with Crippen LogP contribution in [-0.4, -0.2) is 62.2 Å². The fraction of sp³-hybridized carbons (Fsp3) is 0.611. The summed E-state index contributed by atoms with van der Waals surface area (Å²) in [5.74, 6) is 1.20. The molecule has 0 aromatic heterocycles. The van der Waals surface area contributed by atoms with Crippen LogP contribution in [0.3, 0.4) is 0 Å². The Morgan fingerprint density at radius 2 is 2.04 bits per heavy atom. The molecular formula is C18H26N2O3. The average Bonchev–Trinajstić information content (AvgIpc) is 3.08. The standard InChI is InChI=1S/C18H26N2O3/c1-22-17-7-3-2-5-15(17)16-6-4-9-19(16)10-8-18(21)20-11-13-23-14-12-20/h2-3,5,7,16H,4,6,8-14H2,1H3. The summed E-state index contributed by atoms with van der Waals surface area (Å²) < 4.78 is 10.8. The smallest absolute Gasteiger partial charge is 0.224 e. The van der Waals surface area contributed by atoms with Crippen molar-refractivity contribution in [2.75, 3.05) is 46.5 Å². The highest BCUT2D eigenvalue weighted by atomic mass is 16.5. The number of methoxy groups -OCH3 is 1. The summed E-state index contributed by atoms with van der Waals surface area (Å²) >= 11 is 0. The molecule has 2 aliphatic rings. The van der Waals surface area contributed by atoms with E-state index < -0.39 is 0 Å². The highest BCUT2D eigenvalue weighted by Crippen LogP contribution is 2.36. The van der Waals surface area contributed by atoms with Gasteiger partial charge in [0.05, 0.1) is 20.3 Å². The Kier molecular flexibility index (Phi) is 5.51. The van der Waals surface area contributed by atoms with E-state index in [1.807, 2.05) is 17.0 Å². The average molecular weight is 318 g/mol. The third-order valence-electron chi connectivity index (χ3n) is 4.84. The molecule has 0 bridgehead atoms. The summed E-state index contributed by atoms with van der Waals surface area (Å²) in [7, 11) is 1.72. The fourth-order valence-electron chi connectivity index (χ4n) is 3.60. The van der Waals surface area contributed by atoms with Crippen molar-refractivity contribution < 1.29 is 14.3 Å². The Balaban J connectivity index is 1.59. The van der Waals surface area contributed by atoms with E-state index in [1.54, 1.807) is 7.11 Å². The lowest BCUT2D eigenvalue weighted by Crippen LogP contribution is -2.42. The second-order valence-electron chi connectivity index (χ2n) is 6.18. The molecule has 5 heteroatoms. The number of ether oxygens (including phenoxy) is 2. The second-order valence-corrected chi connectivity index (χ2v) is 6.18. The van der Waals surface area contributed by atoms with E-state index in [1.165, 1.54) is 12.0 Å². The quantitative estimate of drug-likeness (QED) is 0.833. The van der Waals surface area contributed by atoms with Crippen molar-refractivity contribution in [1.82, 2.24) is 9.80 Å². The first-order chi connectivity index (χ1) is 11.3. The van der Waals surface area contributed by atoms with Gasteiger partial charge < -0.3 is 14.4 Å². The third kappa shape index (κ3) is 3.85. The number of nitrogens with zero attached hydrogens (tertiary/aromatic N) is 2. The molecule has 2 heterocycles. The Morgan fingerprint density at radius 1 is 1.26 bits per heavy atom. The predicted octanol–water partition coefficient (Wildman–Crippen LogP) is 2.08. The number of likely N-dealkylation sites (tertiary alicyclic amines) is 1. The van der Waals surface area contributed by atoms with E-state index in [0.29, 0.717) is 25.7 Å². The summed E-state index contributed by atoms with van der Waals surface area (Å²) in [6.45, 7) is 4.67. The Bertz CT molecular complexity index is 529. The topological polar surface area (TPSA) is 42.0 Å². The maximum atomic E-state index is 12.3. The zero-order chi connectivity index (χ0) is 16.1. The Morgan fingerprint density at radius 3 is 2.83 bits per heavy atom. The predicted molar refractivity (Wildman–Crippen MR) is 88.6 cm³/mol. The monoisotopic (exact) mass is 318 g/mol. The van der Waals surface area contributed by atoms with Gasteiger partial charge in [-0.2, -0.15) is 0 Å². The summed E-state index contributed by atoms with van der Waals surface area (Å²) in [6, 6.07) is 8.59.